The summed E-state index contributed by atoms with van der Waals surface area (Å²) in [6.45, 7) is 3.01. The Labute approximate surface area is 203 Å². The minimum atomic E-state index is 0. The lowest BCUT2D eigenvalue weighted by atomic mass is 10.1. The molecule has 3 aromatic rings. The highest BCUT2D eigenvalue weighted by Gasteiger charge is 2.20. The van der Waals surface area contributed by atoms with Crippen LogP contribution in [0.1, 0.15) is 18.5 Å². The van der Waals surface area contributed by atoms with Gasteiger partial charge in [0.15, 0.2) is 5.96 Å². The van der Waals surface area contributed by atoms with Gasteiger partial charge in [0, 0.05) is 50.1 Å². The molecule has 0 aliphatic carbocycles. The number of nitrogens with one attached hydrogen (secondary N) is 2. The first-order chi connectivity index (χ1) is 14.3. The Morgan fingerprint density at radius 1 is 1.13 bits per heavy atom. The van der Waals surface area contributed by atoms with Crippen molar-refractivity contribution in [1.29, 1.82) is 0 Å². The van der Waals surface area contributed by atoms with E-state index in [1.807, 2.05) is 24.5 Å². The number of anilines is 1. The second-order valence-electron chi connectivity index (χ2n) is 7.12. The summed E-state index contributed by atoms with van der Waals surface area (Å²) in [5.74, 6) is 0.887. The van der Waals surface area contributed by atoms with Gasteiger partial charge in [0.05, 0.1) is 10.7 Å². The van der Waals surface area contributed by atoms with E-state index in [1.54, 1.807) is 11.3 Å². The Morgan fingerprint density at radius 2 is 1.93 bits per heavy atom. The van der Waals surface area contributed by atoms with E-state index in [1.165, 1.54) is 10.6 Å². The maximum atomic E-state index is 4.77. The molecule has 0 spiro atoms. The number of halogens is 1. The van der Waals surface area contributed by atoms with Crippen LogP contribution in [0.5, 0.6) is 0 Å². The quantitative estimate of drug-likeness (QED) is 0.260. The van der Waals surface area contributed by atoms with Gasteiger partial charge in [-0.15, -0.1) is 46.7 Å². The zero-order valence-electron chi connectivity index (χ0n) is 17.1. The molecule has 160 valence electrons. The summed E-state index contributed by atoms with van der Waals surface area (Å²) >= 11 is 3.53. The van der Waals surface area contributed by atoms with Crippen molar-refractivity contribution < 1.29 is 0 Å². The fourth-order valence-corrected chi connectivity index (χ4v) is 5.17. The number of guanidine groups is 1. The highest BCUT2D eigenvalue weighted by Crippen LogP contribution is 2.25. The van der Waals surface area contributed by atoms with Crippen molar-refractivity contribution in [1.82, 2.24) is 15.6 Å². The topological polar surface area (TPSA) is 52.6 Å². The van der Waals surface area contributed by atoms with Crippen molar-refractivity contribution in [3.8, 4) is 10.6 Å². The summed E-state index contributed by atoms with van der Waals surface area (Å²) in [5, 5.41) is 13.8. The number of rotatable bonds is 6. The lowest BCUT2D eigenvalue weighted by Gasteiger charge is -2.33. The Morgan fingerprint density at radius 3 is 2.63 bits per heavy atom. The Kier molecular flexibility index (Phi) is 8.95. The number of thiazole rings is 1. The highest BCUT2D eigenvalue weighted by molar-refractivity contribution is 14.0. The minimum Gasteiger partial charge on any atom is -0.363 e. The summed E-state index contributed by atoms with van der Waals surface area (Å²) in [4.78, 5) is 11.6. The minimum absolute atomic E-state index is 0. The maximum Gasteiger partial charge on any atom is 0.191 e. The Balaban J connectivity index is 0.00000256. The van der Waals surface area contributed by atoms with Crippen LogP contribution in [-0.4, -0.2) is 43.7 Å². The lowest BCUT2D eigenvalue weighted by Crippen LogP contribution is -2.49. The van der Waals surface area contributed by atoms with E-state index >= 15 is 0 Å². The third kappa shape index (κ3) is 6.18. The van der Waals surface area contributed by atoms with Gasteiger partial charge in [-0.3, -0.25) is 4.99 Å². The number of aromatic nitrogens is 1. The van der Waals surface area contributed by atoms with Gasteiger partial charge in [-0.25, -0.2) is 4.98 Å². The number of benzene rings is 1. The standard InChI is InChI=1S/C22H27N5S2.HI/c1-23-22(26-18-10-13-27(14-11-18)20-8-5-15-28-20)24-12-9-19-16-29-21(25-19)17-6-3-2-4-7-17;/h2-8,15-16,18H,9-14H2,1H3,(H2,23,24,26);1H. The molecular formula is C22H28IN5S2. The predicted octanol–water partition coefficient (Wildman–Crippen LogP) is 4.87. The number of nitrogens with zero attached hydrogens (tertiary/aromatic N) is 3. The molecule has 1 aliphatic heterocycles. The molecule has 1 aromatic carbocycles. The summed E-state index contributed by atoms with van der Waals surface area (Å²) in [7, 11) is 1.84. The molecular weight excluding hydrogens is 525 g/mol. The van der Waals surface area contributed by atoms with Gasteiger partial charge in [0.25, 0.3) is 0 Å². The van der Waals surface area contributed by atoms with E-state index in [4.69, 9.17) is 4.98 Å². The van der Waals surface area contributed by atoms with E-state index in [0.717, 1.165) is 55.6 Å². The normalized spacial score (nSPS) is 15.0. The van der Waals surface area contributed by atoms with Crippen LogP contribution in [0.4, 0.5) is 5.00 Å². The van der Waals surface area contributed by atoms with Crippen LogP contribution < -0.4 is 15.5 Å². The fraction of sp³-hybridized carbons (Fsp3) is 0.364. The van der Waals surface area contributed by atoms with Crippen LogP contribution in [-0.2, 0) is 6.42 Å². The molecule has 1 fully saturated rings. The first-order valence-electron chi connectivity index (χ1n) is 10.1. The average molecular weight is 554 g/mol. The smallest absolute Gasteiger partial charge is 0.191 e. The van der Waals surface area contributed by atoms with Gasteiger partial charge in [-0.05, 0) is 30.4 Å². The molecule has 0 radical (unpaired) electrons. The van der Waals surface area contributed by atoms with Crippen molar-refractivity contribution in [3.05, 3.63) is 58.9 Å². The summed E-state index contributed by atoms with van der Waals surface area (Å²) in [6.07, 6.45) is 3.15. The van der Waals surface area contributed by atoms with E-state index in [-0.39, 0.29) is 24.0 Å². The van der Waals surface area contributed by atoms with Crippen LogP contribution in [0.3, 0.4) is 0 Å². The van der Waals surface area contributed by atoms with Crippen molar-refractivity contribution in [2.45, 2.75) is 25.3 Å². The van der Waals surface area contributed by atoms with Gasteiger partial charge in [-0.2, -0.15) is 0 Å². The molecule has 1 aliphatic rings. The van der Waals surface area contributed by atoms with Crippen molar-refractivity contribution in [2.24, 2.45) is 4.99 Å². The highest BCUT2D eigenvalue weighted by atomic mass is 127. The average Bonchev–Trinajstić information content (AvgIpc) is 3.47. The first kappa shape index (κ1) is 23.0. The maximum absolute atomic E-state index is 4.77. The molecule has 1 saturated heterocycles. The largest absolute Gasteiger partial charge is 0.363 e. The van der Waals surface area contributed by atoms with Crippen LogP contribution in [0.25, 0.3) is 10.6 Å². The molecule has 8 heteroatoms. The second kappa shape index (κ2) is 11.7. The summed E-state index contributed by atoms with van der Waals surface area (Å²) < 4.78 is 0. The van der Waals surface area contributed by atoms with Gasteiger partial charge in [0.2, 0.25) is 0 Å². The molecule has 0 bridgehead atoms. The first-order valence-corrected chi connectivity index (χ1v) is 11.8. The predicted molar refractivity (Wildman–Crippen MR) is 141 cm³/mol. The molecule has 0 saturated carbocycles. The number of thiophene rings is 1. The zero-order chi connectivity index (χ0) is 19.9. The third-order valence-corrected chi connectivity index (χ3v) is 6.99. The van der Waals surface area contributed by atoms with E-state index < -0.39 is 0 Å². The third-order valence-electron chi connectivity index (χ3n) is 5.12. The van der Waals surface area contributed by atoms with Crippen LogP contribution >= 0.6 is 46.7 Å². The number of hydrogen-bond acceptors (Lipinski definition) is 5. The Bertz CT molecular complexity index is 903. The van der Waals surface area contributed by atoms with Gasteiger partial charge >= 0.3 is 0 Å². The lowest BCUT2D eigenvalue weighted by molar-refractivity contribution is 0.463. The van der Waals surface area contributed by atoms with E-state index in [2.05, 4.69) is 67.7 Å². The molecule has 0 atom stereocenters. The SMILES string of the molecule is CN=C(NCCc1csc(-c2ccccc2)n1)NC1CCN(c2cccs2)CC1.I. The van der Waals surface area contributed by atoms with Gasteiger partial charge in [-0.1, -0.05) is 30.3 Å². The van der Waals surface area contributed by atoms with E-state index in [9.17, 15) is 0 Å². The summed E-state index contributed by atoms with van der Waals surface area (Å²) in [6, 6.07) is 15.2. The molecule has 3 heterocycles. The Hall–Kier alpha value is -1.65. The molecule has 4 rings (SSSR count). The summed E-state index contributed by atoms with van der Waals surface area (Å²) in [5.41, 5.74) is 2.31. The molecule has 2 aromatic heterocycles. The number of aliphatic imine (C=N–C) groups is 1. The van der Waals surface area contributed by atoms with Crippen LogP contribution in [0.15, 0.2) is 58.2 Å². The van der Waals surface area contributed by atoms with Crippen LogP contribution in [0, 0.1) is 0 Å². The van der Waals surface area contributed by atoms with E-state index in [0.29, 0.717) is 6.04 Å². The zero-order valence-corrected chi connectivity index (χ0v) is 21.0. The number of hydrogen-bond donors (Lipinski definition) is 2. The fourth-order valence-electron chi connectivity index (χ4n) is 3.53. The van der Waals surface area contributed by atoms with Crippen molar-refractivity contribution >= 4 is 57.6 Å². The van der Waals surface area contributed by atoms with Gasteiger partial charge < -0.3 is 15.5 Å². The number of piperidine rings is 1. The molecule has 0 amide bonds. The molecule has 0 unspecified atom stereocenters. The molecule has 2 N–H and O–H groups in total. The van der Waals surface area contributed by atoms with Crippen molar-refractivity contribution in [3.63, 3.8) is 0 Å². The van der Waals surface area contributed by atoms with Gasteiger partial charge in [0.1, 0.15) is 5.01 Å². The second-order valence-corrected chi connectivity index (χ2v) is 8.90. The monoisotopic (exact) mass is 553 g/mol. The van der Waals surface area contributed by atoms with Crippen molar-refractivity contribution in [2.75, 3.05) is 31.6 Å². The molecule has 30 heavy (non-hydrogen) atoms. The van der Waals surface area contributed by atoms with Crippen LogP contribution in [0.2, 0.25) is 0 Å². The molecule has 5 nitrogen and oxygen atoms in total.